The molecule has 0 saturated heterocycles. The third-order valence-electron chi connectivity index (χ3n) is 8.58. The highest BCUT2D eigenvalue weighted by atomic mass is 16.3. The first kappa shape index (κ1) is 16.3. The van der Waals surface area contributed by atoms with Gasteiger partial charge in [-0.2, -0.15) is 5.26 Å². The number of aliphatic hydroxyl groups excluding tert-OH is 1. The standard InChI is InChI=1S/C21H29NO2/c1-20-8-5-15(23)12-14(20)11-13(7-10-22)19-16-3-4-18(24)21(16,2)9-6-17(19)20/h7,14,16-19,24H,3-6,8-9,11-12H2,1-2H3/t14-,16-,17-,18-,19-,20-,21-/m0/s1. The molecule has 3 nitrogen and oxygen atoms in total. The van der Waals surface area contributed by atoms with Gasteiger partial charge in [-0.1, -0.05) is 19.4 Å². The predicted octanol–water partition coefficient (Wildman–Crippen LogP) is 4.02. The highest BCUT2D eigenvalue weighted by molar-refractivity contribution is 5.79. The second kappa shape index (κ2) is 5.43. The summed E-state index contributed by atoms with van der Waals surface area (Å²) in [5.74, 6) is 2.34. The number of hydrogen-bond donors (Lipinski definition) is 1. The molecule has 0 heterocycles. The summed E-state index contributed by atoms with van der Waals surface area (Å²) in [7, 11) is 0. The molecule has 3 heteroatoms. The highest BCUT2D eigenvalue weighted by Crippen LogP contribution is 2.67. The molecule has 24 heavy (non-hydrogen) atoms. The van der Waals surface area contributed by atoms with Crippen LogP contribution in [0.25, 0.3) is 0 Å². The first-order valence-corrected chi connectivity index (χ1v) is 9.68. The zero-order chi connectivity index (χ0) is 17.1. The van der Waals surface area contributed by atoms with E-state index in [4.69, 9.17) is 0 Å². The second-order valence-corrected chi connectivity index (χ2v) is 9.37. The molecule has 4 aliphatic carbocycles. The molecule has 1 N–H and O–H groups in total. The lowest BCUT2D eigenvalue weighted by Gasteiger charge is -2.60. The monoisotopic (exact) mass is 327 g/mol. The summed E-state index contributed by atoms with van der Waals surface area (Å²) in [5, 5.41) is 19.9. The van der Waals surface area contributed by atoms with Crippen LogP contribution in [-0.4, -0.2) is 17.0 Å². The molecular weight excluding hydrogens is 298 g/mol. The Bertz CT molecular complexity index is 632. The molecule has 0 amide bonds. The Labute approximate surface area is 145 Å². The van der Waals surface area contributed by atoms with Crippen LogP contribution in [0.1, 0.15) is 65.2 Å². The van der Waals surface area contributed by atoms with Crippen molar-refractivity contribution in [1.82, 2.24) is 0 Å². The van der Waals surface area contributed by atoms with E-state index in [1.54, 1.807) is 6.08 Å². The van der Waals surface area contributed by atoms with Gasteiger partial charge in [0.2, 0.25) is 0 Å². The van der Waals surface area contributed by atoms with E-state index in [0.717, 1.165) is 44.9 Å². The minimum absolute atomic E-state index is 0.0173. The highest BCUT2D eigenvalue weighted by Gasteiger charge is 2.61. The Hall–Kier alpha value is -1.14. The number of nitriles is 1. The lowest BCUT2D eigenvalue weighted by Crippen LogP contribution is -2.54. The number of Topliss-reactive ketones (excluding diaryl/α,β-unsaturated/α-hetero) is 1. The fourth-order valence-electron chi connectivity index (χ4n) is 7.04. The van der Waals surface area contributed by atoms with E-state index in [1.165, 1.54) is 5.57 Å². The minimum Gasteiger partial charge on any atom is -0.393 e. The number of ketones is 1. The Balaban J connectivity index is 1.76. The van der Waals surface area contributed by atoms with E-state index in [9.17, 15) is 15.2 Å². The average molecular weight is 327 g/mol. The molecule has 4 saturated carbocycles. The number of allylic oxidation sites excluding steroid dienone is 2. The van der Waals surface area contributed by atoms with Gasteiger partial charge in [-0.15, -0.1) is 0 Å². The van der Waals surface area contributed by atoms with Crippen LogP contribution in [0.4, 0.5) is 0 Å². The zero-order valence-electron chi connectivity index (χ0n) is 14.9. The fourth-order valence-corrected chi connectivity index (χ4v) is 7.04. The van der Waals surface area contributed by atoms with Crippen molar-refractivity contribution in [3.05, 3.63) is 11.6 Å². The molecule has 0 bridgehead atoms. The van der Waals surface area contributed by atoms with Crippen molar-refractivity contribution >= 4 is 5.78 Å². The molecule has 0 aliphatic heterocycles. The number of nitrogens with zero attached hydrogens (tertiary/aromatic N) is 1. The number of rotatable bonds is 0. The van der Waals surface area contributed by atoms with Crippen molar-refractivity contribution in [2.75, 3.05) is 0 Å². The molecule has 7 atom stereocenters. The molecule has 0 aromatic carbocycles. The summed E-state index contributed by atoms with van der Waals surface area (Å²) in [4.78, 5) is 12.0. The first-order valence-electron chi connectivity index (χ1n) is 9.68. The van der Waals surface area contributed by atoms with Gasteiger partial charge in [0.15, 0.2) is 0 Å². The maximum Gasteiger partial charge on any atom is 0.133 e. The van der Waals surface area contributed by atoms with Gasteiger partial charge in [-0.3, -0.25) is 4.79 Å². The van der Waals surface area contributed by atoms with Gasteiger partial charge < -0.3 is 5.11 Å². The maximum atomic E-state index is 12.0. The van der Waals surface area contributed by atoms with E-state index in [-0.39, 0.29) is 16.9 Å². The Morgan fingerprint density at radius 1 is 1.12 bits per heavy atom. The van der Waals surface area contributed by atoms with E-state index < -0.39 is 0 Å². The molecular formula is C21H29NO2. The van der Waals surface area contributed by atoms with Gasteiger partial charge in [0, 0.05) is 18.9 Å². The lowest BCUT2D eigenvalue weighted by molar-refractivity contribution is -0.134. The Morgan fingerprint density at radius 2 is 1.88 bits per heavy atom. The average Bonchev–Trinajstić information content (AvgIpc) is 2.85. The summed E-state index contributed by atoms with van der Waals surface area (Å²) >= 11 is 0. The molecule has 0 spiro atoms. The second-order valence-electron chi connectivity index (χ2n) is 9.37. The first-order chi connectivity index (χ1) is 11.4. The minimum atomic E-state index is -0.190. The quantitative estimate of drug-likeness (QED) is 0.684. The van der Waals surface area contributed by atoms with E-state index in [2.05, 4.69) is 19.9 Å². The molecule has 0 unspecified atom stereocenters. The van der Waals surface area contributed by atoms with Crippen molar-refractivity contribution in [3.8, 4) is 6.07 Å². The summed E-state index contributed by atoms with van der Waals surface area (Å²) in [5.41, 5.74) is 1.54. The Morgan fingerprint density at radius 3 is 2.62 bits per heavy atom. The van der Waals surface area contributed by atoms with Gasteiger partial charge >= 0.3 is 0 Å². The van der Waals surface area contributed by atoms with Gasteiger partial charge in [0.05, 0.1) is 12.2 Å². The number of hydrogen-bond acceptors (Lipinski definition) is 3. The topological polar surface area (TPSA) is 61.1 Å². The molecule has 4 rings (SSSR count). The lowest BCUT2D eigenvalue weighted by atomic mass is 9.44. The van der Waals surface area contributed by atoms with Crippen LogP contribution in [0.5, 0.6) is 0 Å². The van der Waals surface area contributed by atoms with Crippen LogP contribution < -0.4 is 0 Å². The van der Waals surface area contributed by atoms with Gasteiger partial charge in [0.25, 0.3) is 0 Å². The molecule has 0 aromatic heterocycles. The van der Waals surface area contributed by atoms with Crippen molar-refractivity contribution < 1.29 is 9.90 Å². The van der Waals surface area contributed by atoms with Gasteiger partial charge in [-0.25, -0.2) is 0 Å². The normalized spacial score (nSPS) is 52.3. The molecule has 0 aromatic rings. The van der Waals surface area contributed by atoms with Crippen molar-refractivity contribution in [2.24, 2.45) is 34.5 Å². The van der Waals surface area contributed by atoms with Crippen LogP contribution >= 0.6 is 0 Å². The predicted molar refractivity (Wildman–Crippen MR) is 91.8 cm³/mol. The van der Waals surface area contributed by atoms with Crippen molar-refractivity contribution in [3.63, 3.8) is 0 Å². The number of carbonyl (C=O) groups excluding carboxylic acids is 1. The van der Waals surface area contributed by atoms with E-state index in [1.807, 2.05) is 0 Å². The van der Waals surface area contributed by atoms with E-state index >= 15 is 0 Å². The zero-order valence-corrected chi connectivity index (χ0v) is 14.9. The molecule has 130 valence electrons. The van der Waals surface area contributed by atoms with E-state index in [0.29, 0.717) is 35.9 Å². The Kier molecular flexibility index (Phi) is 3.69. The fraction of sp³-hybridized carbons (Fsp3) is 0.810. The number of fused-ring (bicyclic) bond motifs is 5. The summed E-state index contributed by atoms with van der Waals surface area (Å²) in [6, 6.07) is 2.28. The SMILES string of the molecule is C[C@]12CCC(=O)C[C@@H]1CC(=CC#N)[C@@H]1[C@@H]2CC[C@]2(C)[C@@H](O)CC[C@@H]12. The van der Waals surface area contributed by atoms with Crippen LogP contribution in [0.2, 0.25) is 0 Å². The van der Waals surface area contributed by atoms with Crippen LogP contribution in [-0.2, 0) is 4.79 Å². The summed E-state index contributed by atoms with van der Waals surface area (Å²) < 4.78 is 0. The molecule has 4 aliphatic rings. The van der Waals surface area contributed by atoms with Crippen molar-refractivity contribution in [1.29, 1.82) is 5.26 Å². The third-order valence-corrected chi connectivity index (χ3v) is 8.58. The maximum absolute atomic E-state index is 12.0. The largest absolute Gasteiger partial charge is 0.393 e. The number of carbonyl (C=O) groups is 1. The molecule has 0 radical (unpaired) electrons. The van der Waals surface area contributed by atoms with Crippen molar-refractivity contribution in [2.45, 2.75) is 71.3 Å². The van der Waals surface area contributed by atoms with Crippen LogP contribution in [0.3, 0.4) is 0 Å². The number of aliphatic hydroxyl groups is 1. The third kappa shape index (κ3) is 2.08. The summed E-state index contributed by atoms with van der Waals surface area (Å²) in [6.45, 7) is 4.69. The smallest absolute Gasteiger partial charge is 0.133 e. The van der Waals surface area contributed by atoms with Gasteiger partial charge in [-0.05, 0) is 73.0 Å². The van der Waals surface area contributed by atoms with Crippen LogP contribution in [0.15, 0.2) is 11.6 Å². The van der Waals surface area contributed by atoms with Gasteiger partial charge in [0.1, 0.15) is 5.78 Å². The molecule has 4 fully saturated rings. The summed E-state index contributed by atoms with van der Waals surface area (Å²) in [6.07, 6.45) is 9.19. The van der Waals surface area contributed by atoms with Crippen LogP contribution in [0, 0.1) is 45.8 Å².